The van der Waals surface area contributed by atoms with Crippen LogP contribution in [0.25, 0.3) is 0 Å². The van der Waals surface area contributed by atoms with Gasteiger partial charge in [0.1, 0.15) is 12.2 Å². The van der Waals surface area contributed by atoms with E-state index in [1.165, 1.54) is 12.2 Å². The molecule has 0 aromatic rings. The van der Waals surface area contributed by atoms with E-state index in [0.29, 0.717) is 6.42 Å². The minimum absolute atomic E-state index is 0.401. The van der Waals surface area contributed by atoms with Crippen LogP contribution in [0.2, 0.25) is 0 Å². The van der Waals surface area contributed by atoms with Crippen LogP contribution in [-0.2, 0) is 9.53 Å². The first kappa shape index (κ1) is 8.01. The molecule has 11 heavy (non-hydrogen) atoms. The van der Waals surface area contributed by atoms with Gasteiger partial charge < -0.3 is 9.84 Å². The van der Waals surface area contributed by atoms with Crippen LogP contribution in [-0.4, -0.2) is 23.3 Å². The van der Waals surface area contributed by atoms with E-state index in [1.807, 2.05) is 0 Å². The van der Waals surface area contributed by atoms with E-state index in [9.17, 15) is 9.90 Å². The Kier molecular flexibility index (Phi) is 2.44. The normalized spacial score (nSPS) is 29.7. The number of hydrogen-bond donors (Lipinski definition) is 1. The number of hydrogen-bond acceptors (Lipinski definition) is 3. The second-order valence-electron chi connectivity index (χ2n) is 2.35. The number of cyclic esters (lactones) is 1. The monoisotopic (exact) mass is 154 g/mol. The second kappa shape index (κ2) is 3.34. The van der Waals surface area contributed by atoms with Gasteiger partial charge in [-0.05, 0) is 6.08 Å². The van der Waals surface area contributed by atoms with Gasteiger partial charge in [0, 0.05) is 12.5 Å². The Morgan fingerprint density at radius 2 is 2.55 bits per heavy atom. The number of esters is 1. The summed E-state index contributed by atoms with van der Waals surface area (Å²) in [5.41, 5.74) is 0. The topological polar surface area (TPSA) is 46.5 Å². The molecule has 3 heteroatoms. The molecule has 2 atom stereocenters. The summed E-state index contributed by atoms with van der Waals surface area (Å²) >= 11 is 0. The largest absolute Gasteiger partial charge is 0.456 e. The quantitative estimate of drug-likeness (QED) is 0.462. The molecule has 1 aliphatic heterocycles. The summed E-state index contributed by atoms with van der Waals surface area (Å²) in [7, 11) is 0. The lowest BCUT2D eigenvalue weighted by atomic mass is 10.1. The molecule has 60 valence electrons. The second-order valence-corrected chi connectivity index (χ2v) is 2.35. The molecule has 0 amide bonds. The summed E-state index contributed by atoms with van der Waals surface area (Å²) in [5, 5.41) is 9.21. The highest BCUT2D eigenvalue weighted by Crippen LogP contribution is 2.11. The van der Waals surface area contributed by atoms with E-state index in [-0.39, 0.29) is 0 Å². The number of ether oxygens (including phenoxy) is 1. The molecule has 3 nitrogen and oxygen atoms in total. The van der Waals surface area contributed by atoms with Crippen molar-refractivity contribution in [3.05, 3.63) is 24.8 Å². The van der Waals surface area contributed by atoms with Crippen LogP contribution in [0.3, 0.4) is 0 Å². The predicted molar refractivity (Wildman–Crippen MR) is 39.8 cm³/mol. The van der Waals surface area contributed by atoms with Gasteiger partial charge in [0.15, 0.2) is 0 Å². The van der Waals surface area contributed by atoms with Crippen LogP contribution in [0.1, 0.15) is 6.42 Å². The zero-order valence-corrected chi connectivity index (χ0v) is 6.06. The van der Waals surface area contributed by atoms with Crippen molar-refractivity contribution in [1.29, 1.82) is 0 Å². The Bertz CT molecular complexity index is 196. The number of aliphatic hydroxyl groups excluding tert-OH is 1. The number of carbonyl (C=O) groups excluding carboxylic acids is 1. The minimum Gasteiger partial charge on any atom is -0.456 e. The first-order valence-electron chi connectivity index (χ1n) is 3.42. The van der Waals surface area contributed by atoms with E-state index < -0.39 is 18.2 Å². The van der Waals surface area contributed by atoms with Crippen molar-refractivity contribution in [3.8, 4) is 0 Å². The average Bonchev–Trinajstić information content (AvgIpc) is 1.98. The molecule has 0 saturated heterocycles. The smallest absolute Gasteiger partial charge is 0.330 e. The zero-order valence-electron chi connectivity index (χ0n) is 6.06. The molecule has 0 bridgehead atoms. The molecule has 1 rings (SSSR count). The van der Waals surface area contributed by atoms with Crippen molar-refractivity contribution in [3.63, 3.8) is 0 Å². The summed E-state index contributed by atoms with van der Waals surface area (Å²) in [6.07, 6.45) is 3.61. The highest BCUT2D eigenvalue weighted by atomic mass is 16.6. The van der Waals surface area contributed by atoms with Crippen LogP contribution in [0.4, 0.5) is 0 Å². The maximum absolute atomic E-state index is 10.6. The third-order valence-electron chi connectivity index (χ3n) is 1.48. The Balaban J connectivity index is 2.59. The summed E-state index contributed by atoms with van der Waals surface area (Å²) in [5.74, 6) is -0.401. The molecule has 1 N–H and O–H groups in total. The standard InChI is InChI=1S/C8H10O3/c1-2-3-7-6(9)4-5-8(10)11-7/h2,4-7,9H,1,3H2/t6-,7+/m1/s1. The van der Waals surface area contributed by atoms with Gasteiger partial charge in [0.25, 0.3) is 0 Å². The Morgan fingerprint density at radius 1 is 1.82 bits per heavy atom. The van der Waals surface area contributed by atoms with Crippen molar-refractivity contribution in [2.24, 2.45) is 0 Å². The number of carbonyl (C=O) groups is 1. The third kappa shape index (κ3) is 1.91. The lowest BCUT2D eigenvalue weighted by Crippen LogP contribution is -2.32. The maximum Gasteiger partial charge on any atom is 0.330 e. The molecule has 0 saturated carbocycles. The van der Waals surface area contributed by atoms with Crippen LogP contribution in [0.15, 0.2) is 24.8 Å². The Hall–Kier alpha value is -1.09. The van der Waals surface area contributed by atoms with Gasteiger partial charge in [-0.2, -0.15) is 0 Å². The molecule has 0 radical (unpaired) electrons. The van der Waals surface area contributed by atoms with Gasteiger partial charge in [0.05, 0.1) is 0 Å². The molecule has 0 aromatic carbocycles. The van der Waals surface area contributed by atoms with Crippen molar-refractivity contribution in [2.75, 3.05) is 0 Å². The predicted octanol–water partition coefficient (Wildman–Crippen LogP) is 0.405. The molecule has 0 fully saturated rings. The van der Waals surface area contributed by atoms with E-state index >= 15 is 0 Å². The number of aliphatic hydroxyl groups is 1. The molecular formula is C8H10O3. The zero-order chi connectivity index (χ0) is 8.27. The molecular weight excluding hydrogens is 144 g/mol. The number of rotatable bonds is 2. The van der Waals surface area contributed by atoms with Crippen LogP contribution in [0, 0.1) is 0 Å². The fraction of sp³-hybridized carbons (Fsp3) is 0.375. The molecule has 0 aliphatic carbocycles. The molecule has 0 spiro atoms. The maximum atomic E-state index is 10.6. The Labute approximate surface area is 65.0 Å². The van der Waals surface area contributed by atoms with E-state index in [2.05, 4.69) is 6.58 Å². The summed E-state index contributed by atoms with van der Waals surface area (Å²) in [6, 6.07) is 0. The van der Waals surface area contributed by atoms with Crippen molar-refractivity contribution < 1.29 is 14.6 Å². The SMILES string of the molecule is C=CC[C@@H]1OC(=O)C=C[C@H]1O. The van der Waals surface area contributed by atoms with Gasteiger partial charge in [-0.3, -0.25) is 0 Å². The highest BCUT2D eigenvalue weighted by molar-refractivity contribution is 5.83. The molecule has 1 heterocycles. The van der Waals surface area contributed by atoms with Crippen molar-refractivity contribution in [1.82, 2.24) is 0 Å². The van der Waals surface area contributed by atoms with E-state index in [1.54, 1.807) is 6.08 Å². The fourth-order valence-corrected chi connectivity index (χ4v) is 0.911. The van der Waals surface area contributed by atoms with E-state index in [0.717, 1.165) is 0 Å². The highest BCUT2D eigenvalue weighted by Gasteiger charge is 2.22. The van der Waals surface area contributed by atoms with Crippen LogP contribution < -0.4 is 0 Å². The summed E-state index contributed by atoms with van der Waals surface area (Å²) in [6.45, 7) is 3.49. The van der Waals surface area contributed by atoms with Crippen LogP contribution >= 0.6 is 0 Å². The first-order chi connectivity index (χ1) is 5.24. The van der Waals surface area contributed by atoms with Gasteiger partial charge in [-0.1, -0.05) is 6.08 Å². The van der Waals surface area contributed by atoms with Crippen molar-refractivity contribution >= 4 is 5.97 Å². The van der Waals surface area contributed by atoms with Crippen molar-refractivity contribution in [2.45, 2.75) is 18.6 Å². The summed E-state index contributed by atoms with van der Waals surface area (Å²) < 4.78 is 4.79. The van der Waals surface area contributed by atoms with Gasteiger partial charge in [-0.15, -0.1) is 6.58 Å². The average molecular weight is 154 g/mol. The Morgan fingerprint density at radius 3 is 3.18 bits per heavy atom. The fourth-order valence-electron chi connectivity index (χ4n) is 0.911. The molecule has 1 aliphatic rings. The van der Waals surface area contributed by atoms with Gasteiger partial charge in [-0.25, -0.2) is 4.79 Å². The lowest BCUT2D eigenvalue weighted by Gasteiger charge is -2.21. The van der Waals surface area contributed by atoms with Gasteiger partial charge >= 0.3 is 5.97 Å². The first-order valence-corrected chi connectivity index (χ1v) is 3.42. The third-order valence-corrected chi connectivity index (χ3v) is 1.48. The molecule has 0 aromatic heterocycles. The minimum atomic E-state index is -0.689. The molecule has 0 unspecified atom stereocenters. The summed E-state index contributed by atoms with van der Waals surface area (Å²) in [4.78, 5) is 10.6. The van der Waals surface area contributed by atoms with Crippen LogP contribution in [0.5, 0.6) is 0 Å². The van der Waals surface area contributed by atoms with Gasteiger partial charge in [0.2, 0.25) is 0 Å². The van der Waals surface area contributed by atoms with E-state index in [4.69, 9.17) is 4.74 Å². The lowest BCUT2D eigenvalue weighted by molar-refractivity contribution is -0.149.